The van der Waals surface area contributed by atoms with Crippen molar-refractivity contribution in [3.63, 3.8) is 0 Å². The Morgan fingerprint density at radius 3 is 2.62 bits per heavy atom. The molecule has 3 aliphatic heterocycles. The number of nitrogens with zero attached hydrogens (tertiary/aromatic N) is 5. The van der Waals surface area contributed by atoms with Gasteiger partial charge in [0, 0.05) is 50.9 Å². The maximum absolute atomic E-state index is 12.3. The van der Waals surface area contributed by atoms with Crippen LogP contribution in [0.2, 0.25) is 5.15 Å². The minimum atomic E-state index is -0.446. The predicted molar refractivity (Wildman–Crippen MR) is 114 cm³/mol. The first-order valence-corrected chi connectivity index (χ1v) is 10.9. The summed E-state index contributed by atoms with van der Waals surface area (Å²) in [6, 6.07) is 3.05. The molecule has 0 aromatic carbocycles. The van der Waals surface area contributed by atoms with Crippen molar-refractivity contribution >= 4 is 29.2 Å². The number of rotatable bonds is 1. The quantitative estimate of drug-likeness (QED) is 0.745. The highest BCUT2D eigenvalue weighted by Gasteiger charge is 2.39. The molecular formula is C20H31ClN6O2. The molecule has 0 spiro atoms. The topological polar surface area (TPSA) is 73.8 Å². The van der Waals surface area contributed by atoms with E-state index in [0.717, 1.165) is 57.1 Å². The van der Waals surface area contributed by atoms with Gasteiger partial charge in [0.25, 0.3) is 0 Å². The number of piperidine rings is 1. The van der Waals surface area contributed by atoms with Crippen molar-refractivity contribution in [3.05, 3.63) is 11.2 Å². The van der Waals surface area contributed by atoms with Gasteiger partial charge in [0.1, 0.15) is 5.60 Å². The van der Waals surface area contributed by atoms with Crippen molar-refractivity contribution in [2.75, 3.05) is 42.9 Å². The van der Waals surface area contributed by atoms with Crippen LogP contribution in [0.3, 0.4) is 0 Å². The van der Waals surface area contributed by atoms with E-state index in [1.165, 1.54) is 0 Å². The molecule has 4 heterocycles. The van der Waals surface area contributed by atoms with Gasteiger partial charge in [0.15, 0.2) is 11.0 Å². The predicted octanol–water partition coefficient (Wildman–Crippen LogP) is 2.83. The van der Waals surface area contributed by atoms with E-state index < -0.39 is 5.60 Å². The minimum absolute atomic E-state index is 0.194. The molecule has 1 N–H and O–H groups in total. The fraction of sp³-hybridized carbons (Fsp3) is 0.750. The summed E-state index contributed by atoms with van der Waals surface area (Å²) in [6.07, 6.45) is 1.78. The fourth-order valence-electron chi connectivity index (χ4n) is 4.62. The number of carbonyl (C=O) groups is 1. The highest BCUT2D eigenvalue weighted by molar-refractivity contribution is 6.29. The fourth-order valence-corrected chi connectivity index (χ4v) is 4.76. The number of carbonyl (C=O) groups excluding carboxylic acids is 1. The third-order valence-corrected chi connectivity index (χ3v) is 6.26. The SMILES string of the molecule is C[C@@H]1Nc2nnc(Cl)cc2N2CCN(C3CCN(C(=O)OC(C)(C)C)CC3)C[C@@H]12. The zero-order valence-corrected chi connectivity index (χ0v) is 18.4. The molecule has 8 nitrogen and oxygen atoms in total. The number of amides is 1. The lowest BCUT2D eigenvalue weighted by Gasteiger charge is -2.51. The number of piperazine rings is 1. The van der Waals surface area contributed by atoms with Gasteiger partial charge in [0.2, 0.25) is 0 Å². The number of hydrogen-bond donors (Lipinski definition) is 1. The first-order valence-electron chi connectivity index (χ1n) is 10.5. The van der Waals surface area contributed by atoms with E-state index in [1.54, 1.807) is 0 Å². The second kappa shape index (κ2) is 7.80. The first-order chi connectivity index (χ1) is 13.7. The molecule has 3 aliphatic rings. The summed E-state index contributed by atoms with van der Waals surface area (Å²) < 4.78 is 5.52. The summed E-state index contributed by atoms with van der Waals surface area (Å²) in [5.41, 5.74) is 0.602. The summed E-state index contributed by atoms with van der Waals surface area (Å²) in [5.74, 6) is 0.817. The molecule has 29 heavy (non-hydrogen) atoms. The van der Waals surface area contributed by atoms with Crippen molar-refractivity contribution < 1.29 is 9.53 Å². The van der Waals surface area contributed by atoms with Crippen molar-refractivity contribution in [2.24, 2.45) is 0 Å². The van der Waals surface area contributed by atoms with Crippen LogP contribution >= 0.6 is 11.6 Å². The summed E-state index contributed by atoms with van der Waals surface area (Å²) in [4.78, 5) is 19.2. The van der Waals surface area contributed by atoms with Crippen LogP contribution in [0.4, 0.5) is 16.3 Å². The molecule has 1 amide bonds. The third-order valence-electron chi connectivity index (χ3n) is 6.08. The number of aromatic nitrogens is 2. The summed E-state index contributed by atoms with van der Waals surface area (Å²) in [7, 11) is 0. The van der Waals surface area contributed by atoms with Gasteiger partial charge < -0.3 is 19.9 Å². The Morgan fingerprint density at radius 2 is 1.93 bits per heavy atom. The zero-order valence-electron chi connectivity index (χ0n) is 17.7. The van der Waals surface area contributed by atoms with Gasteiger partial charge in [-0.1, -0.05) is 11.6 Å². The largest absolute Gasteiger partial charge is 0.444 e. The highest BCUT2D eigenvalue weighted by Crippen LogP contribution is 2.35. The van der Waals surface area contributed by atoms with E-state index in [-0.39, 0.29) is 12.1 Å². The summed E-state index contributed by atoms with van der Waals surface area (Å²) >= 11 is 6.09. The van der Waals surface area contributed by atoms with E-state index in [1.807, 2.05) is 31.7 Å². The Balaban J connectivity index is 1.37. The molecule has 1 aromatic rings. The van der Waals surface area contributed by atoms with Gasteiger partial charge >= 0.3 is 6.09 Å². The Hall–Kier alpha value is -1.80. The average Bonchev–Trinajstić information content (AvgIpc) is 2.67. The van der Waals surface area contributed by atoms with Crippen LogP contribution in [0.25, 0.3) is 0 Å². The molecule has 0 aliphatic carbocycles. The van der Waals surface area contributed by atoms with E-state index in [9.17, 15) is 4.79 Å². The number of nitrogens with one attached hydrogen (secondary N) is 1. The van der Waals surface area contributed by atoms with Gasteiger partial charge in [0.05, 0.1) is 11.7 Å². The lowest BCUT2D eigenvalue weighted by Crippen LogP contribution is -2.63. The van der Waals surface area contributed by atoms with E-state index >= 15 is 0 Å². The van der Waals surface area contributed by atoms with Crippen LogP contribution in [0.1, 0.15) is 40.5 Å². The zero-order chi connectivity index (χ0) is 20.8. The van der Waals surface area contributed by atoms with Crippen LogP contribution in [-0.2, 0) is 4.74 Å². The number of likely N-dealkylation sites (tertiary alicyclic amines) is 1. The first kappa shape index (κ1) is 20.5. The Morgan fingerprint density at radius 1 is 1.21 bits per heavy atom. The Bertz CT molecular complexity index is 762. The molecule has 2 atom stereocenters. The molecule has 9 heteroatoms. The van der Waals surface area contributed by atoms with Gasteiger partial charge in [-0.05, 0) is 40.5 Å². The Kier molecular flexibility index (Phi) is 5.50. The van der Waals surface area contributed by atoms with Crippen LogP contribution < -0.4 is 10.2 Å². The second-order valence-corrected chi connectivity index (χ2v) is 9.68. The van der Waals surface area contributed by atoms with Crippen molar-refractivity contribution in [1.82, 2.24) is 20.0 Å². The molecular weight excluding hydrogens is 392 g/mol. The lowest BCUT2D eigenvalue weighted by molar-refractivity contribution is 0.0129. The number of halogens is 1. The molecule has 4 rings (SSSR count). The van der Waals surface area contributed by atoms with Crippen molar-refractivity contribution in [2.45, 2.75) is 64.3 Å². The van der Waals surface area contributed by atoms with Gasteiger partial charge in [-0.3, -0.25) is 4.90 Å². The second-order valence-electron chi connectivity index (χ2n) is 9.29. The van der Waals surface area contributed by atoms with Gasteiger partial charge in [-0.25, -0.2) is 4.79 Å². The standard InChI is InChI=1S/C20H31ClN6O2/c1-13-16-12-26(9-10-27(16)15-11-17(21)23-24-18(15)22-13)14-5-7-25(8-6-14)19(28)29-20(2,3)4/h11,13-14,16H,5-10,12H2,1-4H3,(H,22,24)/t13-,16-/m0/s1. The lowest BCUT2D eigenvalue weighted by atomic mass is 9.96. The number of fused-ring (bicyclic) bond motifs is 3. The molecule has 2 saturated heterocycles. The van der Waals surface area contributed by atoms with E-state index in [4.69, 9.17) is 16.3 Å². The van der Waals surface area contributed by atoms with Crippen LogP contribution in [0, 0.1) is 0 Å². The minimum Gasteiger partial charge on any atom is -0.444 e. The van der Waals surface area contributed by atoms with Gasteiger partial charge in [-0.2, -0.15) is 0 Å². The monoisotopic (exact) mass is 422 g/mol. The van der Waals surface area contributed by atoms with Crippen LogP contribution in [0.5, 0.6) is 0 Å². The van der Waals surface area contributed by atoms with Crippen LogP contribution in [-0.4, -0.2) is 82.5 Å². The van der Waals surface area contributed by atoms with Crippen molar-refractivity contribution in [1.29, 1.82) is 0 Å². The van der Waals surface area contributed by atoms with Crippen molar-refractivity contribution in [3.8, 4) is 0 Å². The third kappa shape index (κ3) is 4.38. The summed E-state index contributed by atoms with van der Waals surface area (Å²) in [5, 5.41) is 12.1. The molecule has 2 fully saturated rings. The molecule has 1 aromatic heterocycles. The number of hydrogen-bond acceptors (Lipinski definition) is 7. The smallest absolute Gasteiger partial charge is 0.410 e. The van der Waals surface area contributed by atoms with Gasteiger partial charge in [-0.15, -0.1) is 10.2 Å². The maximum atomic E-state index is 12.3. The maximum Gasteiger partial charge on any atom is 0.410 e. The number of anilines is 2. The molecule has 0 saturated carbocycles. The summed E-state index contributed by atoms with van der Waals surface area (Å²) in [6.45, 7) is 12.4. The van der Waals surface area contributed by atoms with E-state index in [2.05, 4.69) is 32.2 Å². The molecule has 0 bridgehead atoms. The normalized spacial score (nSPS) is 25.8. The number of ether oxygens (including phenoxy) is 1. The highest BCUT2D eigenvalue weighted by atomic mass is 35.5. The average molecular weight is 423 g/mol. The van der Waals surface area contributed by atoms with Crippen LogP contribution in [0.15, 0.2) is 6.07 Å². The Labute approximate surface area is 177 Å². The molecule has 0 radical (unpaired) electrons. The molecule has 160 valence electrons. The van der Waals surface area contributed by atoms with E-state index in [0.29, 0.717) is 17.2 Å². The molecule has 0 unspecified atom stereocenters.